The van der Waals surface area contributed by atoms with Crippen LogP contribution in [-0.2, 0) is 16.8 Å². The number of hydrogen-bond acceptors (Lipinski definition) is 2. The fourth-order valence-electron chi connectivity index (χ4n) is 2.19. The number of amides is 1. The van der Waals surface area contributed by atoms with E-state index in [0.29, 0.717) is 0 Å². The van der Waals surface area contributed by atoms with Gasteiger partial charge in [-0.3, -0.25) is 10.1 Å². The van der Waals surface area contributed by atoms with Crippen molar-refractivity contribution in [1.29, 1.82) is 0 Å². The van der Waals surface area contributed by atoms with Crippen molar-refractivity contribution in [1.82, 2.24) is 10.6 Å². The van der Waals surface area contributed by atoms with E-state index in [0.717, 1.165) is 31.5 Å². The molecule has 1 aliphatic heterocycles. The third kappa shape index (κ3) is 2.34. The van der Waals surface area contributed by atoms with Gasteiger partial charge in [-0.25, -0.2) is 0 Å². The van der Waals surface area contributed by atoms with Gasteiger partial charge in [0.2, 0.25) is 5.91 Å². The Bertz CT molecular complexity index is 399. The van der Waals surface area contributed by atoms with Crippen molar-refractivity contribution >= 4 is 5.91 Å². The maximum Gasteiger partial charge on any atom is 0.244 e. The van der Waals surface area contributed by atoms with Crippen LogP contribution in [0.3, 0.4) is 0 Å². The van der Waals surface area contributed by atoms with Crippen molar-refractivity contribution in [3.63, 3.8) is 0 Å². The monoisotopic (exact) mass is 232 g/mol. The zero-order chi connectivity index (χ0) is 12.3. The average molecular weight is 232 g/mol. The van der Waals surface area contributed by atoms with Crippen LogP contribution in [0.4, 0.5) is 0 Å². The molecular weight excluding hydrogens is 212 g/mol. The van der Waals surface area contributed by atoms with Crippen LogP contribution in [0, 0.1) is 0 Å². The molecule has 1 aromatic carbocycles. The lowest BCUT2D eigenvalue weighted by atomic mass is 9.90. The van der Waals surface area contributed by atoms with Gasteiger partial charge < -0.3 is 5.32 Å². The van der Waals surface area contributed by atoms with Gasteiger partial charge in [-0.15, -0.1) is 0 Å². The number of carbonyl (C=O) groups excluding carboxylic acids is 1. The minimum absolute atomic E-state index is 0.0687. The lowest BCUT2D eigenvalue weighted by Crippen LogP contribution is -2.49. The first-order chi connectivity index (χ1) is 8.16. The molecule has 1 aromatic rings. The molecule has 3 nitrogen and oxygen atoms in total. The third-order valence-corrected chi connectivity index (χ3v) is 3.51. The first-order valence-electron chi connectivity index (χ1n) is 6.29. The summed E-state index contributed by atoms with van der Waals surface area (Å²) in [5.74, 6) is 0.0687. The van der Waals surface area contributed by atoms with E-state index >= 15 is 0 Å². The first kappa shape index (κ1) is 12.1. The summed E-state index contributed by atoms with van der Waals surface area (Å²) in [4.78, 5) is 12.1. The van der Waals surface area contributed by atoms with Crippen molar-refractivity contribution in [2.45, 2.75) is 32.2 Å². The molecule has 92 valence electrons. The Morgan fingerprint density at radius 2 is 1.94 bits per heavy atom. The van der Waals surface area contributed by atoms with E-state index in [1.165, 1.54) is 5.56 Å². The van der Waals surface area contributed by atoms with Gasteiger partial charge in [-0.2, -0.15) is 0 Å². The van der Waals surface area contributed by atoms with Crippen LogP contribution in [0.15, 0.2) is 24.3 Å². The van der Waals surface area contributed by atoms with E-state index in [9.17, 15) is 4.79 Å². The van der Waals surface area contributed by atoms with Gasteiger partial charge in [-0.1, -0.05) is 31.2 Å². The third-order valence-electron chi connectivity index (χ3n) is 3.51. The second kappa shape index (κ2) is 4.88. The molecule has 0 spiro atoms. The predicted octanol–water partition coefficient (Wildman–Crippen LogP) is 1.57. The SMILES string of the molecule is CCc1ccc(C2(C)NCCCNC2=O)cc1. The van der Waals surface area contributed by atoms with Crippen molar-refractivity contribution in [2.24, 2.45) is 0 Å². The maximum absolute atomic E-state index is 12.1. The summed E-state index contributed by atoms with van der Waals surface area (Å²) >= 11 is 0. The van der Waals surface area contributed by atoms with Crippen LogP contribution in [0.1, 0.15) is 31.4 Å². The fourth-order valence-corrected chi connectivity index (χ4v) is 2.19. The summed E-state index contributed by atoms with van der Waals surface area (Å²) in [7, 11) is 0. The van der Waals surface area contributed by atoms with Crippen LogP contribution in [0.5, 0.6) is 0 Å². The molecule has 0 radical (unpaired) electrons. The summed E-state index contributed by atoms with van der Waals surface area (Å²) in [5.41, 5.74) is 1.74. The molecule has 0 bridgehead atoms. The number of benzene rings is 1. The Labute approximate surface area is 103 Å². The number of aryl methyl sites for hydroxylation is 1. The molecule has 1 heterocycles. The van der Waals surface area contributed by atoms with E-state index in [4.69, 9.17) is 0 Å². The molecule has 17 heavy (non-hydrogen) atoms. The van der Waals surface area contributed by atoms with E-state index in [1.807, 2.05) is 6.92 Å². The minimum Gasteiger partial charge on any atom is -0.354 e. The number of carbonyl (C=O) groups is 1. The fraction of sp³-hybridized carbons (Fsp3) is 0.500. The molecular formula is C14H20N2O. The van der Waals surface area contributed by atoms with Crippen LogP contribution in [-0.4, -0.2) is 19.0 Å². The van der Waals surface area contributed by atoms with Gasteiger partial charge in [-0.05, 0) is 37.4 Å². The molecule has 0 aromatic heterocycles. The lowest BCUT2D eigenvalue weighted by molar-refractivity contribution is -0.126. The van der Waals surface area contributed by atoms with Gasteiger partial charge >= 0.3 is 0 Å². The highest BCUT2D eigenvalue weighted by atomic mass is 16.2. The summed E-state index contributed by atoms with van der Waals surface area (Å²) in [6.07, 6.45) is 2.00. The number of nitrogens with one attached hydrogen (secondary N) is 2. The Balaban J connectivity index is 2.30. The van der Waals surface area contributed by atoms with Crippen LogP contribution < -0.4 is 10.6 Å². The molecule has 1 fully saturated rings. The number of rotatable bonds is 2. The maximum atomic E-state index is 12.1. The average Bonchev–Trinajstić information content (AvgIpc) is 2.53. The largest absolute Gasteiger partial charge is 0.354 e. The van der Waals surface area contributed by atoms with Crippen molar-refractivity contribution in [3.8, 4) is 0 Å². The second-order valence-corrected chi connectivity index (χ2v) is 4.71. The zero-order valence-corrected chi connectivity index (χ0v) is 10.5. The molecule has 3 heteroatoms. The topological polar surface area (TPSA) is 41.1 Å². The quantitative estimate of drug-likeness (QED) is 0.812. The van der Waals surface area contributed by atoms with Gasteiger partial charge in [0.15, 0.2) is 0 Å². The predicted molar refractivity (Wildman–Crippen MR) is 68.8 cm³/mol. The van der Waals surface area contributed by atoms with Crippen molar-refractivity contribution in [3.05, 3.63) is 35.4 Å². The first-order valence-corrected chi connectivity index (χ1v) is 6.29. The zero-order valence-electron chi connectivity index (χ0n) is 10.5. The molecule has 1 unspecified atom stereocenters. The van der Waals surface area contributed by atoms with Gasteiger partial charge in [0.05, 0.1) is 0 Å². The molecule has 0 aliphatic carbocycles. The van der Waals surface area contributed by atoms with Gasteiger partial charge in [0.1, 0.15) is 5.54 Å². The minimum atomic E-state index is -0.594. The lowest BCUT2D eigenvalue weighted by Gasteiger charge is -2.28. The Hall–Kier alpha value is -1.35. The highest BCUT2D eigenvalue weighted by Crippen LogP contribution is 2.22. The van der Waals surface area contributed by atoms with Crippen molar-refractivity contribution in [2.75, 3.05) is 13.1 Å². The normalized spacial score (nSPS) is 25.2. The van der Waals surface area contributed by atoms with Gasteiger partial charge in [0, 0.05) is 6.54 Å². The Morgan fingerprint density at radius 3 is 2.59 bits per heavy atom. The Kier molecular flexibility index (Phi) is 3.48. The molecule has 2 N–H and O–H groups in total. The summed E-state index contributed by atoms with van der Waals surface area (Å²) in [6.45, 7) is 5.71. The molecule has 1 saturated heterocycles. The number of hydrogen-bond donors (Lipinski definition) is 2. The van der Waals surface area contributed by atoms with Crippen molar-refractivity contribution < 1.29 is 4.79 Å². The van der Waals surface area contributed by atoms with E-state index in [1.54, 1.807) is 0 Å². The summed E-state index contributed by atoms with van der Waals surface area (Å²) in [6, 6.07) is 8.30. The van der Waals surface area contributed by atoms with Gasteiger partial charge in [0.25, 0.3) is 0 Å². The summed E-state index contributed by atoms with van der Waals surface area (Å²) < 4.78 is 0. The highest BCUT2D eigenvalue weighted by molar-refractivity contribution is 5.87. The molecule has 1 atom stereocenters. The highest BCUT2D eigenvalue weighted by Gasteiger charge is 2.35. The van der Waals surface area contributed by atoms with E-state index < -0.39 is 5.54 Å². The smallest absolute Gasteiger partial charge is 0.244 e. The van der Waals surface area contributed by atoms with Crippen LogP contribution >= 0.6 is 0 Å². The molecule has 2 rings (SSSR count). The summed E-state index contributed by atoms with van der Waals surface area (Å²) in [5, 5.41) is 6.31. The molecule has 0 saturated carbocycles. The van der Waals surface area contributed by atoms with Crippen LogP contribution in [0.25, 0.3) is 0 Å². The van der Waals surface area contributed by atoms with E-state index in [-0.39, 0.29) is 5.91 Å². The Morgan fingerprint density at radius 1 is 1.24 bits per heavy atom. The van der Waals surface area contributed by atoms with Crippen LogP contribution in [0.2, 0.25) is 0 Å². The second-order valence-electron chi connectivity index (χ2n) is 4.71. The molecule has 1 amide bonds. The van der Waals surface area contributed by atoms with E-state index in [2.05, 4.69) is 41.8 Å². The molecule has 1 aliphatic rings. The standard InChI is InChI=1S/C14H20N2O/c1-3-11-5-7-12(8-6-11)14(2)13(17)15-9-4-10-16-14/h5-8,16H,3-4,9-10H2,1-2H3,(H,15,17).